The summed E-state index contributed by atoms with van der Waals surface area (Å²) in [6, 6.07) is 6.46. The molecule has 16 heavy (non-hydrogen) atoms. The second-order valence-corrected chi connectivity index (χ2v) is 6.76. The van der Waals surface area contributed by atoms with Gasteiger partial charge in [0.1, 0.15) is 0 Å². The highest BCUT2D eigenvalue weighted by atomic mass is 35.5. The fraction of sp³-hybridized carbons (Fsp3) is 0.500. The van der Waals surface area contributed by atoms with Gasteiger partial charge in [0, 0.05) is 5.02 Å². The van der Waals surface area contributed by atoms with Crippen LogP contribution in [0, 0.1) is 0 Å². The summed E-state index contributed by atoms with van der Waals surface area (Å²) in [5.74, 6) is 0. The first-order valence-electron chi connectivity index (χ1n) is 5.48. The third-order valence-corrected chi connectivity index (χ3v) is 5.06. The molecule has 1 unspecified atom stereocenters. The molecule has 0 radical (unpaired) electrons. The number of sulfone groups is 1. The molecule has 0 saturated carbocycles. The second-order valence-electron chi connectivity index (χ2n) is 3.96. The Balaban J connectivity index is 2.93. The summed E-state index contributed by atoms with van der Waals surface area (Å²) in [4.78, 5) is 0.323. The predicted molar refractivity (Wildman–Crippen MR) is 67.6 cm³/mol. The summed E-state index contributed by atoms with van der Waals surface area (Å²) in [6.45, 7) is 3.81. The van der Waals surface area contributed by atoms with E-state index in [0.29, 0.717) is 16.3 Å². The monoisotopic (exact) mass is 260 g/mol. The lowest BCUT2D eigenvalue weighted by Crippen LogP contribution is -2.17. The Kier molecular flexibility index (Phi) is 4.81. The maximum Gasteiger partial charge on any atom is 0.181 e. The van der Waals surface area contributed by atoms with Crippen molar-refractivity contribution in [1.29, 1.82) is 0 Å². The molecule has 0 fully saturated rings. The van der Waals surface area contributed by atoms with Crippen LogP contribution in [-0.2, 0) is 9.84 Å². The summed E-state index contributed by atoms with van der Waals surface area (Å²) >= 11 is 5.80. The average molecular weight is 261 g/mol. The molecular formula is C12H17ClO2S. The summed E-state index contributed by atoms with van der Waals surface area (Å²) in [5.41, 5.74) is 0. The minimum atomic E-state index is -3.22. The Morgan fingerprint density at radius 2 is 2.06 bits per heavy atom. The Morgan fingerprint density at radius 1 is 1.38 bits per heavy atom. The molecule has 0 aliphatic heterocycles. The Bertz CT molecular complexity index is 440. The maximum atomic E-state index is 12.1. The van der Waals surface area contributed by atoms with E-state index in [1.165, 1.54) is 6.07 Å². The standard InChI is InChI=1S/C12H17ClO2S/c1-3-4-6-10(2)16(14,15)12-8-5-7-11(13)9-12/h5,7-10H,3-4,6H2,1-2H3. The third-order valence-electron chi connectivity index (χ3n) is 2.62. The minimum Gasteiger partial charge on any atom is -0.223 e. The molecule has 0 heterocycles. The van der Waals surface area contributed by atoms with Crippen LogP contribution >= 0.6 is 11.6 Å². The van der Waals surface area contributed by atoms with Gasteiger partial charge in [-0.05, 0) is 31.5 Å². The van der Waals surface area contributed by atoms with Gasteiger partial charge in [-0.25, -0.2) is 8.42 Å². The van der Waals surface area contributed by atoms with Crippen molar-refractivity contribution in [3.8, 4) is 0 Å². The van der Waals surface area contributed by atoms with E-state index in [9.17, 15) is 8.42 Å². The molecule has 0 N–H and O–H groups in total. The van der Waals surface area contributed by atoms with Crippen molar-refractivity contribution in [1.82, 2.24) is 0 Å². The van der Waals surface area contributed by atoms with Crippen LogP contribution in [0.5, 0.6) is 0 Å². The molecule has 2 nitrogen and oxygen atoms in total. The van der Waals surface area contributed by atoms with Gasteiger partial charge in [-0.3, -0.25) is 0 Å². The molecule has 0 aromatic heterocycles. The van der Waals surface area contributed by atoms with Crippen LogP contribution in [0.25, 0.3) is 0 Å². The van der Waals surface area contributed by atoms with E-state index in [4.69, 9.17) is 11.6 Å². The Labute approximate surface area is 103 Å². The third kappa shape index (κ3) is 3.22. The largest absolute Gasteiger partial charge is 0.223 e. The summed E-state index contributed by atoms with van der Waals surface area (Å²) in [6.07, 6.45) is 2.64. The number of hydrogen-bond acceptors (Lipinski definition) is 2. The zero-order chi connectivity index (χ0) is 12.2. The molecule has 1 aromatic carbocycles. The van der Waals surface area contributed by atoms with E-state index in [-0.39, 0.29) is 5.25 Å². The van der Waals surface area contributed by atoms with E-state index < -0.39 is 9.84 Å². The van der Waals surface area contributed by atoms with E-state index in [1.807, 2.05) is 0 Å². The fourth-order valence-electron chi connectivity index (χ4n) is 1.52. The maximum absolute atomic E-state index is 12.1. The van der Waals surface area contributed by atoms with Crippen LogP contribution in [0.3, 0.4) is 0 Å². The highest BCUT2D eigenvalue weighted by molar-refractivity contribution is 7.92. The molecule has 0 saturated heterocycles. The van der Waals surface area contributed by atoms with Gasteiger partial charge in [-0.15, -0.1) is 0 Å². The summed E-state index contributed by atoms with van der Waals surface area (Å²) < 4.78 is 24.3. The van der Waals surface area contributed by atoms with Gasteiger partial charge in [0.25, 0.3) is 0 Å². The van der Waals surface area contributed by atoms with Crippen molar-refractivity contribution in [2.45, 2.75) is 43.3 Å². The van der Waals surface area contributed by atoms with Crippen molar-refractivity contribution in [2.75, 3.05) is 0 Å². The van der Waals surface area contributed by atoms with Gasteiger partial charge in [-0.2, -0.15) is 0 Å². The molecule has 0 aliphatic rings. The van der Waals surface area contributed by atoms with Crippen molar-refractivity contribution >= 4 is 21.4 Å². The molecule has 0 aliphatic carbocycles. The van der Waals surface area contributed by atoms with Gasteiger partial charge in [0.2, 0.25) is 0 Å². The number of halogens is 1. The molecule has 4 heteroatoms. The van der Waals surface area contributed by atoms with E-state index in [1.54, 1.807) is 25.1 Å². The molecule has 0 bridgehead atoms. The lowest BCUT2D eigenvalue weighted by atomic mass is 10.2. The van der Waals surface area contributed by atoms with Crippen LogP contribution in [0.1, 0.15) is 33.1 Å². The van der Waals surface area contributed by atoms with Gasteiger partial charge in [-0.1, -0.05) is 37.4 Å². The molecule has 1 atom stereocenters. The molecule has 1 aromatic rings. The van der Waals surface area contributed by atoms with E-state index in [2.05, 4.69) is 6.92 Å². The van der Waals surface area contributed by atoms with Crippen molar-refractivity contribution in [3.05, 3.63) is 29.3 Å². The first kappa shape index (κ1) is 13.5. The Morgan fingerprint density at radius 3 is 2.62 bits per heavy atom. The van der Waals surface area contributed by atoms with Gasteiger partial charge >= 0.3 is 0 Å². The van der Waals surface area contributed by atoms with Crippen molar-refractivity contribution < 1.29 is 8.42 Å². The zero-order valence-corrected chi connectivity index (χ0v) is 11.2. The summed E-state index contributed by atoms with van der Waals surface area (Å²) in [5, 5.41) is 0.120. The number of hydrogen-bond donors (Lipinski definition) is 0. The topological polar surface area (TPSA) is 34.1 Å². The van der Waals surface area contributed by atoms with Crippen LogP contribution in [0.2, 0.25) is 5.02 Å². The Hall–Kier alpha value is -0.540. The zero-order valence-electron chi connectivity index (χ0n) is 9.61. The van der Waals surface area contributed by atoms with E-state index in [0.717, 1.165) is 12.8 Å². The fourth-order valence-corrected chi connectivity index (χ4v) is 3.28. The van der Waals surface area contributed by atoms with Gasteiger partial charge in [0.15, 0.2) is 9.84 Å². The lowest BCUT2D eigenvalue weighted by molar-refractivity contribution is 0.571. The van der Waals surface area contributed by atoms with Crippen molar-refractivity contribution in [3.63, 3.8) is 0 Å². The number of benzene rings is 1. The lowest BCUT2D eigenvalue weighted by Gasteiger charge is -2.12. The molecule has 0 amide bonds. The van der Waals surface area contributed by atoms with Gasteiger partial charge in [0.05, 0.1) is 10.1 Å². The van der Waals surface area contributed by atoms with Crippen LogP contribution in [0.15, 0.2) is 29.2 Å². The molecule has 1 rings (SSSR count). The van der Waals surface area contributed by atoms with E-state index >= 15 is 0 Å². The highest BCUT2D eigenvalue weighted by Crippen LogP contribution is 2.22. The SMILES string of the molecule is CCCCC(C)S(=O)(=O)c1cccc(Cl)c1. The first-order valence-corrected chi connectivity index (χ1v) is 7.40. The second kappa shape index (κ2) is 5.69. The van der Waals surface area contributed by atoms with Gasteiger partial charge < -0.3 is 0 Å². The number of rotatable bonds is 5. The van der Waals surface area contributed by atoms with Crippen LogP contribution in [0.4, 0.5) is 0 Å². The quantitative estimate of drug-likeness (QED) is 0.809. The van der Waals surface area contributed by atoms with Crippen LogP contribution < -0.4 is 0 Å². The first-order chi connectivity index (χ1) is 7.48. The van der Waals surface area contributed by atoms with Crippen LogP contribution in [-0.4, -0.2) is 13.7 Å². The molecular weight excluding hydrogens is 244 g/mol. The molecule has 0 spiro atoms. The minimum absolute atomic E-state index is 0.323. The highest BCUT2D eigenvalue weighted by Gasteiger charge is 2.22. The smallest absolute Gasteiger partial charge is 0.181 e. The average Bonchev–Trinajstić information content (AvgIpc) is 2.25. The number of unbranched alkanes of at least 4 members (excludes halogenated alkanes) is 1. The summed E-state index contributed by atoms with van der Waals surface area (Å²) in [7, 11) is -3.22. The van der Waals surface area contributed by atoms with Crippen molar-refractivity contribution in [2.24, 2.45) is 0 Å². The molecule has 90 valence electrons. The predicted octanol–water partition coefficient (Wildman–Crippen LogP) is 3.69. The normalized spacial score (nSPS) is 13.7.